The second-order valence-corrected chi connectivity index (χ2v) is 16.2. The predicted molar refractivity (Wildman–Crippen MR) is 248 cm³/mol. The highest BCUT2D eigenvalue weighted by Gasteiger charge is 2.35. The van der Waals surface area contributed by atoms with Gasteiger partial charge in [-0.1, -0.05) is 159 Å². The highest BCUT2D eigenvalue weighted by molar-refractivity contribution is 6.06. The van der Waals surface area contributed by atoms with Crippen molar-refractivity contribution >= 4 is 39.0 Å². The van der Waals surface area contributed by atoms with Crippen LogP contribution in [0.15, 0.2) is 217 Å². The third-order valence-electron chi connectivity index (χ3n) is 12.3. The summed E-state index contributed by atoms with van der Waals surface area (Å²) in [6, 6.07) is 76.9. The van der Waals surface area contributed by atoms with Gasteiger partial charge < -0.3 is 9.32 Å². The summed E-state index contributed by atoms with van der Waals surface area (Å²) >= 11 is 0. The number of para-hydroxylation sites is 1. The summed E-state index contributed by atoms with van der Waals surface area (Å²) < 4.78 is 6.24. The van der Waals surface area contributed by atoms with Crippen LogP contribution in [0.1, 0.15) is 25.0 Å². The lowest BCUT2D eigenvalue weighted by atomic mass is 9.82. The molecule has 2 heteroatoms. The molecule has 2 nitrogen and oxygen atoms in total. The van der Waals surface area contributed by atoms with Gasteiger partial charge in [-0.3, -0.25) is 0 Å². The molecule has 0 spiro atoms. The lowest BCUT2D eigenvalue weighted by Crippen LogP contribution is -2.14. The van der Waals surface area contributed by atoms with E-state index in [0.29, 0.717) is 0 Å². The number of furan rings is 1. The van der Waals surface area contributed by atoms with Gasteiger partial charge in [0.1, 0.15) is 11.2 Å². The number of benzene rings is 9. The van der Waals surface area contributed by atoms with E-state index in [1.54, 1.807) is 0 Å². The zero-order chi connectivity index (χ0) is 39.5. The molecule has 1 aliphatic carbocycles. The van der Waals surface area contributed by atoms with E-state index in [9.17, 15) is 0 Å². The number of fused-ring (bicyclic) bond motifs is 6. The first-order valence-electron chi connectivity index (χ1n) is 20.4. The monoisotopic (exact) mass is 755 g/mol. The summed E-state index contributed by atoms with van der Waals surface area (Å²) in [5, 5.41) is 2.28. The molecule has 0 saturated heterocycles. The molecule has 0 atom stereocenters. The van der Waals surface area contributed by atoms with E-state index in [-0.39, 0.29) is 5.41 Å². The molecule has 0 aliphatic heterocycles. The maximum atomic E-state index is 6.24. The number of nitrogens with zero attached hydrogens (tertiary/aromatic N) is 1. The normalized spacial score (nSPS) is 12.7. The van der Waals surface area contributed by atoms with Crippen molar-refractivity contribution in [3.05, 3.63) is 223 Å². The molecule has 0 fully saturated rings. The Bertz CT molecular complexity index is 3170. The van der Waals surface area contributed by atoms with Crippen LogP contribution in [0.4, 0.5) is 17.1 Å². The quantitative estimate of drug-likeness (QED) is 0.161. The Kier molecular flexibility index (Phi) is 8.20. The molecule has 1 aromatic heterocycles. The summed E-state index contributed by atoms with van der Waals surface area (Å²) in [4.78, 5) is 2.36. The molecular formula is C57H41NO. The molecule has 280 valence electrons. The van der Waals surface area contributed by atoms with Gasteiger partial charge in [-0.25, -0.2) is 0 Å². The van der Waals surface area contributed by atoms with Gasteiger partial charge in [0.05, 0.1) is 0 Å². The van der Waals surface area contributed by atoms with Crippen LogP contribution in [0.5, 0.6) is 0 Å². The molecule has 59 heavy (non-hydrogen) atoms. The minimum Gasteiger partial charge on any atom is -0.456 e. The molecule has 1 aliphatic rings. The van der Waals surface area contributed by atoms with Crippen LogP contribution in [-0.2, 0) is 5.41 Å². The van der Waals surface area contributed by atoms with Crippen molar-refractivity contribution in [2.45, 2.75) is 19.3 Å². The van der Waals surface area contributed by atoms with Gasteiger partial charge >= 0.3 is 0 Å². The van der Waals surface area contributed by atoms with E-state index in [4.69, 9.17) is 4.42 Å². The molecule has 1 heterocycles. The fourth-order valence-corrected chi connectivity index (χ4v) is 9.19. The summed E-state index contributed by atoms with van der Waals surface area (Å²) in [6.07, 6.45) is 0. The smallest absolute Gasteiger partial charge is 0.136 e. The van der Waals surface area contributed by atoms with Crippen molar-refractivity contribution in [3.63, 3.8) is 0 Å². The third kappa shape index (κ3) is 6.04. The lowest BCUT2D eigenvalue weighted by Gasteiger charge is -2.26. The maximum absolute atomic E-state index is 6.24. The molecule has 10 aromatic rings. The van der Waals surface area contributed by atoms with Gasteiger partial charge in [-0.15, -0.1) is 0 Å². The second kappa shape index (κ2) is 13.9. The average molecular weight is 756 g/mol. The fraction of sp³-hybridized carbons (Fsp3) is 0.0526. The topological polar surface area (TPSA) is 16.4 Å². The SMILES string of the molecule is CC1(C)c2ccccc2-c2cc(-c3cccc(-c4cccc(N(c5ccc(-c6ccccc6)cc5)c5ccc(-c6ccc7c(c6)oc6ccccc67)cc5)c4)c3)ccc21. The van der Waals surface area contributed by atoms with E-state index in [0.717, 1.165) is 50.1 Å². The first kappa shape index (κ1) is 34.8. The van der Waals surface area contributed by atoms with E-state index in [2.05, 4.69) is 219 Å². The molecule has 0 N–H and O–H groups in total. The number of hydrogen-bond acceptors (Lipinski definition) is 2. The molecular weight excluding hydrogens is 715 g/mol. The Morgan fingerprint density at radius 2 is 0.831 bits per heavy atom. The van der Waals surface area contributed by atoms with Crippen LogP contribution < -0.4 is 4.90 Å². The molecule has 0 bridgehead atoms. The van der Waals surface area contributed by atoms with E-state index >= 15 is 0 Å². The Hall–Kier alpha value is -7.42. The van der Waals surface area contributed by atoms with Crippen molar-refractivity contribution in [2.75, 3.05) is 4.90 Å². The first-order chi connectivity index (χ1) is 29.0. The van der Waals surface area contributed by atoms with Gasteiger partial charge in [-0.2, -0.15) is 0 Å². The number of rotatable bonds is 7. The van der Waals surface area contributed by atoms with Gasteiger partial charge in [-0.05, 0) is 133 Å². The standard InChI is InChI=1S/C57H41NO/c1-57(2)53-20-8-6-18-49(53)52-36-44(27-33-54(52)57)42-15-10-14-41(34-42)43-16-11-17-48(35-43)58(46-28-22-39(23-29-46)38-12-4-3-5-13-38)47-30-24-40(25-31-47)45-26-32-51-50-19-7-9-21-55(50)59-56(51)37-45/h3-37H,1-2H3. The first-order valence-corrected chi connectivity index (χ1v) is 20.4. The van der Waals surface area contributed by atoms with Gasteiger partial charge in [0.15, 0.2) is 0 Å². The van der Waals surface area contributed by atoms with E-state index in [1.165, 1.54) is 55.6 Å². The van der Waals surface area contributed by atoms with Gasteiger partial charge in [0, 0.05) is 33.2 Å². The maximum Gasteiger partial charge on any atom is 0.136 e. The predicted octanol–water partition coefficient (Wildman–Crippen LogP) is 16.0. The average Bonchev–Trinajstić information content (AvgIpc) is 3.78. The van der Waals surface area contributed by atoms with Gasteiger partial charge in [0.25, 0.3) is 0 Å². The second-order valence-electron chi connectivity index (χ2n) is 16.2. The zero-order valence-corrected chi connectivity index (χ0v) is 33.1. The van der Waals surface area contributed by atoms with Gasteiger partial charge in [0.2, 0.25) is 0 Å². The molecule has 0 saturated carbocycles. The fourth-order valence-electron chi connectivity index (χ4n) is 9.19. The van der Waals surface area contributed by atoms with Crippen LogP contribution in [0, 0.1) is 0 Å². The molecule has 11 rings (SSSR count). The zero-order valence-electron chi connectivity index (χ0n) is 33.1. The van der Waals surface area contributed by atoms with Crippen molar-refractivity contribution < 1.29 is 4.42 Å². The van der Waals surface area contributed by atoms with E-state index < -0.39 is 0 Å². The summed E-state index contributed by atoms with van der Waals surface area (Å²) in [6.45, 7) is 4.67. The third-order valence-corrected chi connectivity index (χ3v) is 12.3. The highest BCUT2D eigenvalue weighted by Crippen LogP contribution is 2.49. The van der Waals surface area contributed by atoms with Crippen LogP contribution in [0.2, 0.25) is 0 Å². The summed E-state index contributed by atoms with van der Waals surface area (Å²) in [5.41, 5.74) is 20.0. The van der Waals surface area contributed by atoms with Crippen LogP contribution in [0.25, 0.3) is 77.6 Å². The van der Waals surface area contributed by atoms with Crippen molar-refractivity contribution in [1.82, 2.24) is 0 Å². The van der Waals surface area contributed by atoms with Crippen molar-refractivity contribution in [2.24, 2.45) is 0 Å². The largest absolute Gasteiger partial charge is 0.456 e. The number of hydrogen-bond donors (Lipinski definition) is 0. The minimum atomic E-state index is -0.00936. The van der Waals surface area contributed by atoms with E-state index in [1.807, 2.05) is 12.1 Å². The Balaban J connectivity index is 0.962. The lowest BCUT2D eigenvalue weighted by molar-refractivity contribution is 0.660. The molecule has 0 unspecified atom stereocenters. The Labute approximate surface area is 345 Å². The van der Waals surface area contributed by atoms with Crippen LogP contribution >= 0.6 is 0 Å². The Morgan fingerprint density at radius 3 is 1.59 bits per heavy atom. The highest BCUT2D eigenvalue weighted by atomic mass is 16.3. The van der Waals surface area contributed by atoms with Crippen LogP contribution in [0.3, 0.4) is 0 Å². The molecule has 9 aromatic carbocycles. The summed E-state index contributed by atoms with van der Waals surface area (Å²) in [7, 11) is 0. The molecule has 0 amide bonds. The molecule has 0 radical (unpaired) electrons. The summed E-state index contributed by atoms with van der Waals surface area (Å²) in [5.74, 6) is 0. The van der Waals surface area contributed by atoms with Crippen molar-refractivity contribution in [3.8, 4) is 55.6 Å². The number of anilines is 3. The minimum absolute atomic E-state index is 0.00936. The van der Waals surface area contributed by atoms with Crippen LogP contribution in [-0.4, -0.2) is 0 Å². The Morgan fingerprint density at radius 1 is 0.322 bits per heavy atom. The van der Waals surface area contributed by atoms with Crippen molar-refractivity contribution in [1.29, 1.82) is 0 Å².